The average molecular weight is 326 g/mol. The van der Waals surface area contributed by atoms with Crippen molar-refractivity contribution in [1.82, 2.24) is 10.2 Å². The van der Waals surface area contributed by atoms with Crippen molar-refractivity contribution in [3.8, 4) is 0 Å². The van der Waals surface area contributed by atoms with Crippen LogP contribution in [0.1, 0.15) is 64.2 Å². The molecule has 0 amide bonds. The van der Waals surface area contributed by atoms with Crippen LogP contribution >= 0.6 is 0 Å². The number of hydrogen-bond acceptors (Lipinski definition) is 2. The Morgan fingerprint density at radius 3 is 2.12 bits per heavy atom. The van der Waals surface area contributed by atoms with Gasteiger partial charge in [0.2, 0.25) is 0 Å². The smallest absolute Gasteiger partial charge is 0.0651 e. The number of H-pyrrole nitrogens is 1. The predicted octanol–water partition coefficient (Wildman–Crippen LogP) is 5.53. The number of aromatic amines is 1. The lowest BCUT2D eigenvalue weighted by Gasteiger charge is -2.35. The summed E-state index contributed by atoms with van der Waals surface area (Å²) in [4.78, 5) is 2.71. The largest absolute Gasteiger partial charge is 0.371 e. The lowest BCUT2D eigenvalue weighted by molar-refractivity contribution is 0.327. The minimum Gasteiger partial charge on any atom is -0.371 e. The minimum atomic E-state index is 0.891. The number of rotatable bonds is 5. The number of fused-ring (bicyclic) bond motifs is 1. The second-order valence-corrected chi connectivity index (χ2v) is 8.05. The predicted molar refractivity (Wildman–Crippen MR) is 101 cm³/mol. The fourth-order valence-corrected chi connectivity index (χ4v) is 4.77. The molecular weight excluding hydrogens is 294 g/mol. The van der Waals surface area contributed by atoms with Crippen molar-refractivity contribution < 1.29 is 0 Å². The first-order valence-electron chi connectivity index (χ1n) is 10.1. The number of anilines is 1. The van der Waals surface area contributed by atoms with Crippen LogP contribution in [0.15, 0.2) is 24.4 Å². The van der Waals surface area contributed by atoms with Crippen LogP contribution in [0.25, 0.3) is 10.9 Å². The maximum Gasteiger partial charge on any atom is 0.0651 e. The van der Waals surface area contributed by atoms with Gasteiger partial charge < -0.3 is 4.90 Å². The second kappa shape index (κ2) is 7.58. The summed E-state index contributed by atoms with van der Waals surface area (Å²) >= 11 is 0. The molecule has 1 aromatic carbocycles. The van der Waals surface area contributed by atoms with E-state index in [0.717, 1.165) is 17.4 Å². The molecular formula is C21H31N3. The molecule has 24 heavy (non-hydrogen) atoms. The third-order valence-corrected chi connectivity index (χ3v) is 6.20. The summed E-state index contributed by atoms with van der Waals surface area (Å²) in [7, 11) is 0. The van der Waals surface area contributed by atoms with E-state index in [9.17, 15) is 0 Å². The van der Waals surface area contributed by atoms with E-state index in [1.165, 1.54) is 88.4 Å². The molecule has 4 rings (SSSR count). The number of aromatic nitrogens is 2. The van der Waals surface area contributed by atoms with Gasteiger partial charge in [0.25, 0.3) is 0 Å². The fourth-order valence-electron chi connectivity index (χ4n) is 4.77. The maximum absolute atomic E-state index is 4.19. The zero-order valence-corrected chi connectivity index (χ0v) is 14.8. The lowest BCUT2D eigenvalue weighted by atomic mass is 9.86. The first-order chi connectivity index (χ1) is 11.9. The van der Waals surface area contributed by atoms with Gasteiger partial charge in [-0.05, 0) is 55.7 Å². The van der Waals surface area contributed by atoms with Gasteiger partial charge in [0.15, 0.2) is 0 Å². The molecule has 0 radical (unpaired) electrons. The highest BCUT2D eigenvalue weighted by Gasteiger charge is 2.22. The molecule has 3 heteroatoms. The molecule has 0 saturated heterocycles. The molecule has 0 aliphatic heterocycles. The summed E-state index contributed by atoms with van der Waals surface area (Å²) in [6.45, 7) is 2.50. The van der Waals surface area contributed by atoms with Crippen LogP contribution in [-0.4, -0.2) is 23.3 Å². The van der Waals surface area contributed by atoms with Crippen molar-refractivity contribution in [2.45, 2.75) is 64.2 Å². The van der Waals surface area contributed by atoms with Gasteiger partial charge in [0, 0.05) is 24.2 Å². The highest BCUT2D eigenvalue weighted by Crippen LogP contribution is 2.31. The molecule has 0 unspecified atom stereocenters. The first kappa shape index (κ1) is 16.0. The molecule has 130 valence electrons. The molecule has 0 spiro atoms. The van der Waals surface area contributed by atoms with Gasteiger partial charge in [-0.2, -0.15) is 5.10 Å². The summed E-state index contributed by atoms with van der Waals surface area (Å²) in [5, 5.41) is 8.51. The Kier molecular flexibility index (Phi) is 5.05. The quantitative estimate of drug-likeness (QED) is 0.784. The zero-order valence-electron chi connectivity index (χ0n) is 14.8. The SMILES string of the molecule is c1cc2[nH]ncc2cc1N(CC1CCCCC1)CC1CCCCC1. The third kappa shape index (κ3) is 3.76. The van der Waals surface area contributed by atoms with Crippen LogP contribution in [0.5, 0.6) is 0 Å². The Balaban J connectivity index is 1.53. The van der Waals surface area contributed by atoms with Gasteiger partial charge in [-0.25, -0.2) is 0 Å². The van der Waals surface area contributed by atoms with Crippen LogP contribution in [-0.2, 0) is 0 Å². The summed E-state index contributed by atoms with van der Waals surface area (Å²) < 4.78 is 0. The molecule has 2 fully saturated rings. The van der Waals surface area contributed by atoms with E-state index in [2.05, 4.69) is 33.3 Å². The van der Waals surface area contributed by atoms with Gasteiger partial charge in [-0.3, -0.25) is 5.10 Å². The van der Waals surface area contributed by atoms with Crippen molar-refractivity contribution in [2.75, 3.05) is 18.0 Å². The van der Waals surface area contributed by atoms with E-state index in [1.807, 2.05) is 6.20 Å². The molecule has 2 saturated carbocycles. The molecule has 0 bridgehead atoms. The van der Waals surface area contributed by atoms with Gasteiger partial charge in [-0.15, -0.1) is 0 Å². The Bertz CT molecular complexity index is 615. The highest BCUT2D eigenvalue weighted by molar-refractivity contribution is 5.82. The maximum atomic E-state index is 4.19. The van der Waals surface area contributed by atoms with Gasteiger partial charge in [0.05, 0.1) is 11.7 Å². The molecule has 1 heterocycles. The van der Waals surface area contributed by atoms with Crippen molar-refractivity contribution >= 4 is 16.6 Å². The van der Waals surface area contributed by atoms with E-state index in [1.54, 1.807) is 0 Å². The van der Waals surface area contributed by atoms with Gasteiger partial charge in [-0.1, -0.05) is 38.5 Å². The minimum absolute atomic E-state index is 0.891. The number of nitrogens with one attached hydrogen (secondary N) is 1. The van der Waals surface area contributed by atoms with Gasteiger partial charge in [0.1, 0.15) is 0 Å². The Morgan fingerprint density at radius 1 is 0.875 bits per heavy atom. The first-order valence-corrected chi connectivity index (χ1v) is 10.1. The third-order valence-electron chi connectivity index (χ3n) is 6.20. The number of hydrogen-bond donors (Lipinski definition) is 1. The zero-order chi connectivity index (χ0) is 16.2. The van der Waals surface area contributed by atoms with Crippen molar-refractivity contribution in [2.24, 2.45) is 11.8 Å². The Hall–Kier alpha value is -1.51. The van der Waals surface area contributed by atoms with Crippen molar-refractivity contribution in [1.29, 1.82) is 0 Å². The molecule has 1 aromatic heterocycles. The molecule has 2 aliphatic rings. The highest BCUT2D eigenvalue weighted by atomic mass is 15.1. The fraction of sp³-hybridized carbons (Fsp3) is 0.667. The summed E-state index contributed by atoms with van der Waals surface area (Å²) in [6.07, 6.45) is 16.3. The number of benzene rings is 1. The van der Waals surface area contributed by atoms with E-state index in [0.29, 0.717) is 0 Å². The summed E-state index contributed by atoms with van der Waals surface area (Å²) in [5.41, 5.74) is 2.55. The Morgan fingerprint density at radius 2 is 1.50 bits per heavy atom. The van der Waals surface area contributed by atoms with Crippen molar-refractivity contribution in [3.05, 3.63) is 24.4 Å². The molecule has 1 N–H and O–H groups in total. The number of nitrogens with zero attached hydrogens (tertiary/aromatic N) is 2. The second-order valence-electron chi connectivity index (χ2n) is 8.05. The Labute approximate surface area is 145 Å². The summed E-state index contributed by atoms with van der Waals surface area (Å²) in [5.74, 6) is 1.78. The van der Waals surface area contributed by atoms with Crippen LogP contribution < -0.4 is 4.90 Å². The monoisotopic (exact) mass is 325 g/mol. The normalized spacial score (nSPS) is 20.5. The van der Waals surface area contributed by atoms with Gasteiger partial charge >= 0.3 is 0 Å². The lowest BCUT2D eigenvalue weighted by Crippen LogP contribution is -2.35. The molecule has 2 aliphatic carbocycles. The van der Waals surface area contributed by atoms with Crippen molar-refractivity contribution in [3.63, 3.8) is 0 Å². The van der Waals surface area contributed by atoms with Crippen LogP contribution in [0.2, 0.25) is 0 Å². The van der Waals surface area contributed by atoms with Crippen LogP contribution in [0.3, 0.4) is 0 Å². The van der Waals surface area contributed by atoms with E-state index in [4.69, 9.17) is 0 Å². The topological polar surface area (TPSA) is 31.9 Å². The van der Waals surface area contributed by atoms with E-state index < -0.39 is 0 Å². The molecule has 0 atom stereocenters. The van der Waals surface area contributed by atoms with E-state index in [-0.39, 0.29) is 0 Å². The average Bonchev–Trinajstić information content (AvgIpc) is 3.11. The standard InChI is InChI=1S/C21H31N3/c1-3-7-17(8-4-1)15-24(16-18-9-5-2-6-10-18)20-11-12-21-19(13-20)14-22-23-21/h11-14,17-18H,1-10,15-16H2,(H,22,23). The molecule has 2 aromatic rings. The van der Waals surface area contributed by atoms with Crippen LogP contribution in [0, 0.1) is 11.8 Å². The molecule has 3 nitrogen and oxygen atoms in total. The van der Waals surface area contributed by atoms with E-state index >= 15 is 0 Å². The summed E-state index contributed by atoms with van der Waals surface area (Å²) in [6, 6.07) is 6.84. The van der Waals surface area contributed by atoms with Crippen LogP contribution in [0.4, 0.5) is 5.69 Å².